The van der Waals surface area contributed by atoms with E-state index in [2.05, 4.69) is 15.3 Å². The van der Waals surface area contributed by atoms with Crippen molar-refractivity contribution in [1.82, 2.24) is 20.2 Å². The molecule has 0 bridgehead atoms. The van der Waals surface area contributed by atoms with Crippen LogP contribution < -0.4 is 10.8 Å². The third kappa shape index (κ3) is 7.94. The quantitative estimate of drug-likeness (QED) is 0.364. The summed E-state index contributed by atoms with van der Waals surface area (Å²) in [6, 6.07) is -0.728. The van der Waals surface area contributed by atoms with Gasteiger partial charge in [-0.3, -0.25) is 4.79 Å². The molecule has 224 valence electrons. The second kappa shape index (κ2) is 11.9. The van der Waals surface area contributed by atoms with Crippen molar-refractivity contribution in [1.29, 1.82) is 0 Å². The Bertz CT molecular complexity index is 1150. The van der Waals surface area contributed by atoms with Gasteiger partial charge in [0.1, 0.15) is 11.6 Å². The Morgan fingerprint density at radius 2 is 1.73 bits per heavy atom. The average Bonchev–Trinajstić information content (AvgIpc) is 3.06. The lowest BCUT2D eigenvalue weighted by Crippen LogP contribution is -2.54. The summed E-state index contributed by atoms with van der Waals surface area (Å²) in [4.78, 5) is 35.6. The molecule has 2 fully saturated rings. The first-order chi connectivity index (χ1) is 18.3. The van der Waals surface area contributed by atoms with E-state index in [0.717, 1.165) is 12.8 Å². The largest absolute Gasteiger partial charge is 0.498 e. The van der Waals surface area contributed by atoms with Gasteiger partial charge in [0.25, 0.3) is 0 Å². The zero-order chi connectivity index (χ0) is 30.1. The Balaban J connectivity index is 1.58. The number of carbonyl (C=O) groups is 2. The van der Waals surface area contributed by atoms with Crippen LogP contribution in [0.2, 0.25) is 0 Å². The molecule has 1 aromatic heterocycles. The lowest BCUT2D eigenvalue weighted by Gasteiger charge is -2.36. The number of ether oxygens (including phenoxy) is 1. The van der Waals surface area contributed by atoms with Crippen molar-refractivity contribution in [2.75, 3.05) is 18.8 Å². The topological polar surface area (TPSA) is 137 Å². The van der Waals surface area contributed by atoms with E-state index in [-0.39, 0.29) is 28.7 Å². The van der Waals surface area contributed by atoms with E-state index in [1.54, 1.807) is 25.7 Å². The van der Waals surface area contributed by atoms with Crippen molar-refractivity contribution >= 4 is 34.4 Å². The van der Waals surface area contributed by atoms with Crippen molar-refractivity contribution in [2.24, 2.45) is 11.8 Å². The summed E-state index contributed by atoms with van der Waals surface area (Å²) in [7, 11) is -4.40. The summed E-state index contributed by atoms with van der Waals surface area (Å²) in [5.74, 6) is -0.446. The van der Waals surface area contributed by atoms with Crippen molar-refractivity contribution in [3.63, 3.8) is 0 Å². The van der Waals surface area contributed by atoms with E-state index < -0.39 is 45.9 Å². The molecule has 2 atom stereocenters. The summed E-state index contributed by atoms with van der Waals surface area (Å²) in [5.41, 5.74) is -1.18. The van der Waals surface area contributed by atoms with E-state index in [1.807, 2.05) is 41.5 Å². The Morgan fingerprint density at radius 3 is 2.25 bits per heavy atom. The number of amides is 2. The number of sulfone groups is 1. The fraction of sp³-hybridized carbons (Fsp3) is 0.778. The molecule has 11 nitrogen and oxygen atoms in total. The predicted molar refractivity (Wildman–Crippen MR) is 152 cm³/mol. The Labute approximate surface area is 239 Å². The zero-order valence-corrected chi connectivity index (χ0v) is 26.1. The number of aromatic nitrogens is 2. The van der Waals surface area contributed by atoms with Gasteiger partial charge < -0.3 is 24.3 Å². The van der Waals surface area contributed by atoms with E-state index >= 15 is 0 Å². The molecule has 2 aliphatic rings. The lowest BCUT2D eigenvalue weighted by molar-refractivity contribution is -0.136. The molecule has 0 aliphatic carbocycles. The van der Waals surface area contributed by atoms with Gasteiger partial charge in [-0.25, -0.2) is 23.2 Å². The Morgan fingerprint density at radius 1 is 1.15 bits per heavy atom. The van der Waals surface area contributed by atoms with Gasteiger partial charge >= 0.3 is 13.2 Å². The summed E-state index contributed by atoms with van der Waals surface area (Å²) in [5, 5.41) is 2.48. The van der Waals surface area contributed by atoms with E-state index in [4.69, 9.17) is 14.0 Å². The molecule has 0 unspecified atom stereocenters. The maximum absolute atomic E-state index is 13.3. The highest BCUT2D eigenvalue weighted by Gasteiger charge is 2.52. The molecule has 0 radical (unpaired) electrons. The van der Waals surface area contributed by atoms with Gasteiger partial charge in [-0.05, 0) is 79.6 Å². The minimum atomic E-state index is -3.73. The first-order valence-electron chi connectivity index (χ1n) is 14.0. The highest BCUT2D eigenvalue weighted by Crippen LogP contribution is 2.36. The molecule has 2 amide bonds. The Hall–Kier alpha value is -2.25. The van der Waals surface area contributed by atoms with Crippen molar-refractivity contribution < 1.29 is 32.1 Å². The van der Waals surface area contributed by atoms with Crippen LogP contribution in [0.25, 0.3) is 0 Å². The number of hydrogen-bond acceptors (Lipinski definition) is 9. The van der Waals surface area contributed by atoms with Crippen LogP contribution in [0.5, 0.6) is 0 Å². The van der Waals surface area contributed by atoms with Gasteiger partial charge in [0, 0.05) is 30.9 Å². The second-order valence-electron chi connectivity index (χ2n) is 13.2. The van der Waals surface area contributed by atoms with Gasteiger partial charge in [0.15, 0.2) is 0 Å². The number of rotatable bonds is 8. The first kappa shape index (κ1) is 32.3. The standard InChI is InChI=1S/C27H45BN4O7S/c1-18(2)21(31-24(34)37-25(3,4)5)22(33)32-13-10-11-19(17-32)12-14-40(35,36)23-29-15-20(16-30-23)28-38-26(6,7)27(8,9)39-28/h15-16,18-19,21H,10-14,17H2,1-9H3,(H,31,34)/t19-,21-/m1/s1. The average molecular weight is 581 g/mol. The van der Waals surface area contributed by atoms with Crippen LogP contribution in [0.4, 0.5) is 4.79 Å². The third-order valence-corrected chi connectivity index (χ3v) is 9.22. The monoisotopic (exact) mass is 580 g/mol. The fourth-order valence-electron chi connectivity index (χ4n) is 4.65. The van der Waals surface area contributed by atoms with E-state index in [9.17, 15) is 18.0 Å². The van der Waals surface area contributed by atoms with Gasteiger partial charge in [0.05, 0.1) is 17.0 Å². The molecule has 0 aromatic carbocycles. The lowest BCUT2D eigenvalue weighted by atomic mass is 9.81. The van der Waals surface area contributed by atoms with E-state index in [1.165, 1.54) is 12.4 Å². The Kier molecular flexibility index (Phi) is 9.63. The molecular formula is C27H45BN4O7S. The molecule has 0 saturated carbocycles. The molecule has 1 aromatic rings. The van der Waals surface area contributed by atoms with Crippen molar-refractivity contribution in [3.05, 3.63) is 12.4 Å². The molecular weight excluding hydrogens is 535 g/mol. The van der Waals surface area contributed by atoms with Crippen LogP contribution >= 0.6 is 0 Å². The van der Waals surface area contributed by atoms with Crippen LogP contribution in [0.1, 0.15) is 81.6 Å². The molecule has 1 N–H and O–H groups in total. The molecule has 13 heteroatoms. The molecule has 3 rings (SSSR count). The van der Waals surface area contributed by atoms with Crippen LogP contribution in [0, 0.1) is 11.8 Å². The maximum Gasteiger partial charge on any atom is 0.498 e. The summed E-state index contributed by atoms with van der Waals surface area (Å²) < 4.78 is 43.4. The van der Waals surface area contributed by atoms with Gasteiger partial charge in [-0.1, -0.05) is 13.8 Å². The second-order valence-corrected chi connectivity index (χ2v) is 15.2. The molecule has 0 spiro atoms. The number of carbonyl (C=O) groups excluding carboxylic acids is 2. The minimum absolute atomic E-state index is 0.00541. The van der Waals surface area contributed by atoms with Crippen molar-refractivity contribution in [2.45, 2.75) is 110 Å². The van der Waals surface area contributed by atoms with Gasteiger partial charge in [-0.2, -0.15) is 0 Å². The van der Waals surface area contributed by atoms with Gasteiger partial charge in [0.2, 0.25) is 20.9 Å². The number of nitrogens with zero attached hydrogens (tertiary/aromatic N) is 3. The van der Waals surface area contributed by atoms with E-state index in [0.29, 0.717) is 25.0 Å². The fourth-order valence-corrected chi connectivity index (χ4v) is 5.90. The SMILES string of the molecule is CC(C)[C@@H](NC(=O)OC(C)(C)C)C(=O)N1CCC[C@H](CCS(=O)(=O)c2ncc(B3OC(C)(C)C(C)(C)O3)cn2)C1. The van der Waals surface area contributed by atoms with Crippen molar-refractivity contribution in [3.8, 4) is 0 Å². The predicted octanol–water partition coefficient (Wildman–Crippen LogP) is 2.73. The van der Waals surface area contributed by atoms with Crippen LogP contribution in [0.3, 0.4) is 0 Å². The minimum Gasteiger partial charge on any atom is -0.444 e. The van der Waals surface area contributed by atoms with Gasteiger partial charge in [-0.15, -0.1) is 0 Å². The number of piperidine rings is 1. The summed E-state index contributed by atoms with van der Waals surface area (Å²) >= 11 is 0. The van der Waals surface area contributed by atoms with Crippen LogP contribution in [-0.2, 0) is 28.7 Å². The maximum atomic E-state index is 13.3. The summed E-state index contributed by atoms with van der Waals surface area (Å²) in [6.07, 6.45) is 4.18. The smallest absolute Gasteiger partial charge is 0.444 e. The third-order valence-electron chi connectivity index (χ3n) is 7.68. The number of likely N-dealkylation sites (tertiary alicyclic amines) is 1. The molecule has 3 heterocycles. The van der Waals surface area contributed by atoms with Crippen LogP contribution in [-0.4, -0.2) is 84.1 Å². The molecule has 2 saturated heterocycles. The number of alkyl carbamates (subject to hydrolysis) is 1. The highest BCUT2D eigenvalue weighted by atomic mass is 32.2. The number of nitrogens with one attached hydrogen (secondary N) is 1. The highest BCUT2D eigenvalue weighted by molar-refractivity contribution is 7.91. The normalized spacial score (nSPS) is 21.8. The first-order valence-corrected chi connectivity index (χ1v) is 15.7. The zero-order valence-electron chi connectivity index (χ0n) is 25.3. The van der Waals surface area contributed by atoms with Crippen LogP contribution in [0.15, 0.2) is 17.6 Å². The summed E-state index contributed by atoms with van der Waals surface area (Å²) in [6.45, 7) is 17.8. The molecule has 40 heavy (non-hydrogen) atoms. The molecule has 2 aliphatic heterocycles. The number of hydrogen-bond donors (Lipinski definition) is 1.